The molecular formula is C27H23ClFN3O. The van der Waals surface area contributed by atoms with Crippen LogP contribution in [0.3, 0.4) is 0 Å². The minimum Gasteiger partial charge on any atom is -0.340 e. The number of rotatable bonds is 7. The highest BCUT2D eigenvalue weighted by Crippen LogP contribution is 2.48. The Hall–Kier alpha value is -3.44. The van der Waals surface area contributed by atoms with Crippen LogP contribution in [0, 0.1) is 11.7 Å². The molecule has 4 nitrogen and oxygen atoms in total. The summed E-state index contributed by atoms with van der Waals surface area (Å²) in [6.45, 7) is 0.667. The number of aromatic amines is 1. The third-order valence-electron chi connectivity index (χ3n) is 6.06. The fourth-order valence-electron chi connectivity index (χ4n) is 4.23. The van der Waals surface area contributed by atoms with Gasteiger partial charge in [0.05, 0.1) is 18.4 Å². The Kier molecular flexibility index (Phi) is 5.97. The summed E-state index contributed by atoms with van der Waals surface area (Å²) in [6.07, 6.45) is 2.59. The van der Waals surface area contributed by atoms with Crippen molar-refractivity contribution in [1.82, 2.24) is 14.9 Å². The Bertz CT molecular complexity index is 1260. The molecule has 1 amide bonds. The highest BCUT2D eigenvalue weighted by atomic mass is 35.5. The van der Waals surface area contributed by atoms with Crippen molar-refractivity contribution >= 4 is 17.5 Å². The van der Waals surface area contributed by atoms with Gasteiger partial charge in [-0.3, -0.25) is 4.79 Å². The molecule has 0 spiro atoms. The molecule has 1 saturated carbocycles. The van der Waals surface area contributed by atoms with Crippen LogP contribution in [0.5, 0.6) is 0 Å². The second-order valence-corrected chi connectivity index (χ2v) is 8.82. The molecule has 1 aliphatic carbocycles. The molecule has 2 atom stereocenters. The highest BCUT2D eigenvalue weighted by molar-refractivity contribution is 6.31. The maximum absolute atomic E-state index is 13.6. The van der Waals surface area contributed by atoms with E-state index >= 15 is 0 Å². The summed E-state index contributed by atoms with van der Waals surface area (Å²) in [5, 5.41) is 0.317. The van der Waals surface area contributed by atoms with E-state index in [-0.39, 0.29) is 17.7 Å². The van der Waals surface area contributed by atoms with Crippen molar-refractivity contribution in [3.05, 3.63) is 113 Å². The van der Waals surface area contributed by atoms with Crippen molar-refractivity contribution in [3.8, 4) is 11.4 Å². The van der Waals surface area contributed by atoms with Crippen LogP contribution >= 0.6 is 11.6 Å². The van der Waals surface area contributed by atoms with E-state index in [1.165, 1.54) is 17.7 Å². The monoisotopic (exact) mass is 459 g/mol. The summed E-state index contributed by atoms with van der Waals surface area (Å²) in [5.41, 5.74) is 3.71. The Labute approximate surface area is 197 Å². The van der Waals surface area contributed by atoms with Gasteiger partial charge in [-0.15, -0.1) is 0 Å². The number of imidazole rings is 1. The Morgan fingerprint density at radius 2 is 1.76 bits per heavy atom. The van der Waals surface area contributed by atoms with Crippen molar-refractivity contribution < 1.29 is 9.18 Å². The second-order valence-electron chi connectivity index (χ2n) is 8.41. The lowest BCUT2D eigenvalue weighted by molar-refractivity contribution is -0.134. The van der Waals surface area contributed by atoms with E-state index in [1.54, 1.807) is 17.2 Å². The molecule has 3 aromatic carbocycles. The van der Waals surface area contributed by atoms with Crippen LogP contribution in [0.4, 0.5) is 4.39 Å². The zero-order chi connectivity index (χ0) is 22.8. The molecular weight excluding hydrogens is 437 g/mol. The van der Waals surface area contributed by atoms with Gasteiger partial charge in [-0.1, -0.05) is 78.3 Å². The van der Waals surface area contributed by atoms with Gasteiger partial charge in [-0.05, 0) is 35.6 Å². The molecule has 0 radical (unpaired) electrons. The van der Waals surface area contributed by atoms with Crippen LogP contribution in [0.1, 0.15) is 29.2 Å². The molecule has 0 aliphatic heterocycles. The minimum atomic E-state index is -0.394. The Balaban J connectivity index is 1.38. The average molecular weight is 460 g/mol. The summed E-state index contributed by atoms with van der Waals surface area (Å²) in [6, 6.07) is 24.3. The van der Waals surface area contributed by atoms with Gasteiger partial charge >= 0.3 is 0 Å². The number of H-pyrrole nitrogens is 1. The van der Waals surface area contributed by atoms with Crippen LogP contribution in [-0.4, -0.2) is 20.8 Å². The number of carbonyl (C=O) groups is 1. The number of halogens is 2. The standard InChI is InChI=1S/C27H23ClFN3O/c28-25-13-21(29)12-11-20(25)16-32(27(33)24-14-23(24)18-7-3-1-4-8-18)17-22-15-30-26(31-22)19-9-5-2-6-10-19/h1-13,15,23-24H,14,16-17H2,(H,30,31). The first-order chi connectivity index (χ1) is 16.1. The van der Waals surface area contributed by atoms with Gasteiger partial charge in [0, 0.05) is 23.0 Å². The number of carbonyl (C=O) groups excluding carboxylic acids is 1. The summed E-state index contributed by atoms with van der Waals surface area (Å²) in [4.78, 5) is 23.1. The quantitative estimate of drug-likeness (QED) is 0.357. The van der Waals surface area contributed by atoms with Gasteiger partial charge in [0.25, 0.3) is 0 Å². The molecule has 33 heavy (non-hydrogen) atoms. The van der Waals surface area contributed by atoms with Gasteiger partial charge in [0.2, 0.25) is 5.91 Å². The summed E-state index contributed by atoms with van der Waals surface area (Å²) in [7, 11) is 0. The van der Waals surface area contributed by atoms with Crippen LogP contribution in [0.25, 0.3) is 11.4 Å². The maximum Gasteiger partial charge on any atom is 0.226 e. The van der Waals surface area contributed by atoms with Crippen molar-refractivity contribution in [3.63, 3.8) is 0 Å². The van der Waals surface area contributed by atoms with Gasteiger partial charge < -0.3 is 9.88 Å². The van der Waals surface area contributed by atoms with Crippen LogP contribution in [-0.2, 0) is 17.9 Å². The molecule has 2 unspecified atom stereocenters. The molecule has 166 valence electrons. The molecule has 0 saturated heterocycles. The van der Waals surface area contributed by atoms with Crippen LogP contribution in [0.2, 0.25) is 5.02 Å². The normalized spacial score (nSPS) is 17.0. The van der Waals surface area contributed by atoms with Crippen LogP contribution in [0.15, 0.2) is 85.1 Å². The Morgan fingerprint density at radius 3 is 2.48 bits per heavy atom. The van der Waals surface area contributed by atoms with E-state index in [9.17, 15) is 9.18 Å². The van der Waals surface area contributed by atoms with Crippen molar-refractivity contribution in [2.45, 2.75) is 25.4 Å². The number of hydrogen-bond acceptors (Lipinski definition) is 2. The molecule has 6 heteroatoms. The van der Waals surface area contributed by atoms with E-state index in [1.807, 2.05) is 48.5 Å². The summed E-state index contributed by atoms with van der Waals surface area (Å²) in [5.74, 6) is 0.593. The first kappa shape index (κ1) is 21.4. The van der Waals surface area contributed by atoms with Crippen LogP contribution < -0.4 is 0 Å². The van der Waals surface area contributed by atoms with Gasteiger partial charge in [-0.25, -0.2) is 9.37 Å². The molecule has 1 heterocycles. The van der Waals surface area contributed by atoms with Gasteiger partial charge in [0.1, 0.15) is 11.6 Å². The summed E-state index contributed by atoms with van der Waals surface area (Å²) < 4.78 is 13.6. The first-order valence-corrected chi connectivity index (χ1v) is 11.3. The predicted octanol–water partition coefficient (Wildman–Crippen LogP) is 6.20. The molecule has 0 bridgehead atoms. The fraction of sp³-hybridized carbons (Fsp3) is 0.185. The summed E-state index contributed by atoms with van der Waals surface area (Å²) >= 11 is 6.29. The minimum absolute atomic E-state index is 0.0665. The fourth-order valence-corrected chi connectivity index (χ4v) is 4.45. The van der Waals surface area contributed by atoms with E-state index < -0.39 is 5.82 Å². The molecule has 5 rings (SSSR count). The second kappa shape index (κ2) is 9.20. The number of nitrogens with zero attached hydrogens (tertiary/aromatic N) is 2. The predicted molar refractivity (Wildman–Crippen MR) is 127 cm³/mol. The molecule has 1 aliphatic rings. The van der Waals surface area contributed by atoms with E-state index in [2.05, 4.69) is 22.1 Å². The zero-order valence-corrected chi connectivity index (χ0v) is 18.7. The number of amides is 1. The lowest BCUT2D eigenvalue weighted by Gasteiger charge is -2.23. The van der Waals surface area contributed by atoms with E-state index in [4.69, 9.17) is 11.6 Å². The number of benzene rings is 3. The molecule has 4 aromatic rings. The van der Waals surface area contributed by atoms with Crippen molar-refractivity contribution in [2.24, 2.45) is 5.92 Å². The molecule has 1 fully saturated rings. The number of hydrogen-bond donors (Lipinski definition) is 1. The molecule has 1 aromatic heterocycles. The largest absolute Gasteiger partial charge is 0.340 e. The zero-order valence-electron chi connectivity index (χ0n) is 17.9. The lowest BCUT2D eigenvalue weighted by Crippen LogP contribution is -2.32. The first-order valence-electron chi connectivity index (χ1n) is 11.0. The number of nitrogens with one attached hydrogen (secondary N) is 1. The smallest absolute Gasteiger partial charge is 0.226 e. The number of aromatic nitrogens is 2. The van der Waals surface area contributed by atoms with Crippen molar-refractivity contribution in [2.75, 3.05) is 0 Å². The highest BCUT2D eigenvalue weighted by Gasteiger charge is 2.45. The molecule has 1 N–H and O–H groups in total. The van der Waals surface area contributed by atoms with Gasteiger partial charge in [-0.2, -0.15) is 0 Å². The third kappa shape index (κ3) is 4.83. The SMILES string of the molecule is O=C(C1CC1c1ccccc1)N(Cc1cnc(-c2ccccc2)[nH]1)Cc1ccc(F)cc1Cl. The topological polar surface area (TPSA) is 49.0 Å². The van der Waals surface area contributed by atoms with E-state index in [0.29, 0.717) is 23.7 Å². The lowest BCUT2D eigenvalue weighted by atomic mass is 10.1. The third-order valence-corrected chi connectivity index (χ3v) is 6.41. The Morgan fingerprint density at radius 1 is 1.03 bits per heavy atom. The van der Waals surface area contributed by atoms with Crippen molar-refractivity contribution in [1.29, 1.82) is 0 Å². The van der Waals surface area contributed by atoms with Gasteiger partial charge in [0.15, 0.2) is 0 Å². The average Bonchev–Trinajstić information content (AvgIpc) is 3.51. The van der Waals surface area contributed by atoms with E-state index in [0.717, 1.165) is 23.5 Å². The maximum atomic E-state index is 13.6.